The standard InChI is InChI=1S/C19H14ClN3O5S/c20-14-4-3-6-16(11-14)29(27,28)18-8-7-13(10-17(18)23(25)26)19(24)22-12-15-5-1-2-9-21-15/h1-11H,12H2,(H,22,24). The molecule has 0 aliphatic carbocycles. The normalized spacial score (nSPS) is 11.1. The van der Waals surface area contributed by atoms with Crippen molar-refractivity contribution in [1.82, 2.24) is 10.3 Å². The molecule has 0 saturated carbocycles. The third-order valence-corrected chi connectivity index (χ3v) is 6.00. The van der Waals surface area contributed by atoms with Crippen molar-refractivity contribution in [3.8, 4) is 0 Å². The number of rotatable bonds is 6. The lowest BCUT2D eigenvalue weighted by atomic mass is 10.2. The predicted molar refractivity (Wildman–Crippen MR) is 105 cm³/mol. The highest BCUT2D eigenvalue weighted by molar-refractivity contribution is 7.91. The van der Waals surface area contributed by atoms with E-state index < -0.39 is 31.3 Å². The third kappa shape index (κ3) is 4.58. The highest BCUT2D eigenvalue weighted by atomic mass is 35.5. The molecule has 1 N–H and O–H groups in total. The van der Waals surface area contributed by atoms with Gasteiger partial charge in [-0.25, -0.2) is 8.42 Å². The van der Waals surface area contributed by atoms with Gasteiger partial charge in [-0.15, -0.1) is 0 Å². The molecule has 148 valence electrons. The number of carbonyl (C=O) groups is 1. The molecule has 0 atom stereocenters. The lowest BCUT2D eigenvalue weighted by molar-refractivity contribution is -0.387. The Balaban J connectivity index is 1.93. The number of sulfone groups is 1. The molecule has 0 aliphatic rings. The van der Waals surface area contributed by atoms with Crippen LogP contribution < -0.4 is 5.32 Å². The number of pyridine rings is 1. The van der Waals surface area contributed by atoms with E-state index in [1.807, 2.05) is 0 Å². The Labute approximate surface area is 171 Å². The Kier molecular flexibility index (Phi) is 5.90. The van der Waals surface area contributed by atoms with E-state index in [9.17, 15) is 23.3 Å². The van der Waals surface area contributed by atoms with Crippen LogP contribution in [0.5, 0.6) is 0 Å². The maximum atomic E-state index is 12.8. The first-order valence-electron chi connectivity index (χ1n) is 8.26. The largest absolute Gasteiger partial charge is 0.346 e. The van der Waals surface area contributed by atoms with Crippen LogP contribution in [0.4, 0.5) is 5.69 Å². The molecule has 0 unspecified atom stereocenters. The molecule has 0 aliphatic heterocycles. The number of hydrogen-bond donors (Lipinski definition) is 1. The second kappa shape index (κ2) is 8.38. The first-order chi connectivity index (χ1) is 13.8. The van der Waals surface area contributed by atoms with E-state index in [0.29, 0.717) is 5.69 Å². The zero-order chi connectivity index (χ0) is 21.0. The van der Waals surface area contributed by atoms with E-state index in [0.717, 1.165) is 12.1 Å². The number of amides is 1. The van der Waals surface area contributed by atoms with Gasteiger partial charge in [0.1, 0.15) is 4.90 Å². The first-order valence-corrected chi connectivity index (χ1v) is 10.1. The summed E-state index contributed by atoms with van der Waals surface area (Å²) in [7, 11) is -4.20. The molecule has 1 aromatic heterocycles. The summed E-state index contributed by atoms with van der Waals surface area (Å²) in [5, 5.41) is 14.3. The summed E-state index contributed by atoms with van der Waals surface area (Å²) < 4.78 is 25.7. The van der Waals surface area contributed by atoms with Crippen molar-refractivity contribution < 1.29 is 18.1 Å². The second-order valence-corrected chi connectivity index (χ2v) is 8.26. The molecule has 0 saturated heterocycles. The number of nitro benzene ring substituents is 1. The SMILES string of the molecule is O=C(NCc1ccccn1)c1ccc(S(=O)(=O)c2cccc(Cl)c2)c([N+](=O)[O-])c1. The van der Waals surface area contributed by atoms with Crippen LogP contribution in [0, 0.1) is 10.1 Å². The van der Waals surface area contributed by atoms with E-state index in [2.05, 4.69) is 10.3 Å². The predicted octanol–water partition coefficient (Wildman–Crippen LogP) is 3.41. The van der Waals surface area contributed by atoms with Crippen LogP contribution in [0.15, 0.2) is 76.7 Å². The maximum Gasteiger partial charge on any atom is 0.289 e. The second-order valence-electron chi connectivity index (χ2n) is 5.90. The van der Waals surface area contributed by atoms with Crippen LogP contribution in [0.2, 0.25) is 5.02 Å². The molecule has 0 bridgehead atoms. The quantitative estimate of drug-likeness (QED) is 0.471. The lowest BCUT2D eigenvalue weighted by Gasteiger charge is -2.09. The Morgan fingerprint density at radius 2 is 1.90 bits per heavy atom. The van der Waals surface area contributed by atoms with Crippen LogP contribution in [-0.4, -0.2) is 24.2 Å². The molecule has 1 amide bonds. The molecule has 10 heteroatoms. The minimum Gasteiger partial charge on any atom is -0.346 e. The topological polar surface area (TPSA) is 119 Å². The van der Waals surface area contributed by atoms with E-state index in [-0.39, 0.29) is 22.0 Å². The van der Waals surface area contributed by atoms with Crippen LogP contribution >= 0.6 is 11.6 Å². The molecule has 0 fully saturated rings. The Bertz CT molecular complexity index is 1180. The third-order valence-electron chi connectivity index (χ3n) is 3.97. The van der Waals surface area contributed by atoms with Gasteiger partial charge in [0.15, 0.2) is 0 Å². The fourth-order valence-electron chi connectivity index (χ4n) is 2.57. The number of nitrogens with zero attached hydrogens (tertiary/aromatic N) is 2. The van der Waals surface area contributed by atoms with Gasteiger partial charge in [0.2, 0.25) is 9.84 Å². The van der Waals surface area contributed by atoms with Gasteiger partial charge in [-0.05, 0) is 42.5 Å². The average molecular weight is 432 g/mol. The van der Waals surface area contributed by atoms with E-state index >= 15 is 0 Å². The van der Waals surface area contributed by atoms with Crippen molar-refractivity contribution in [1.29, 1.82) is 0 Å². The van der Waals surface area contributed by atoms with Gasteiger partial charge < -0.3 is 5.32 Å². The fourth-order valence-corrected chi connectivity index (χ4v) is 4.27. The zero-order valence-corrected chi connectivity index (χ0v) is 16.4. The Hall–Kier alpha value is -3.30. The molecule has 3 rings (SSSR count). The summed E-state index contributed by atoms with van der Waals surface area (Å²) in [4.78, 5) is 26.4. The van der Waals surface area contributed by atoms with E-state index in [1.165, 1.54) is 30.3 Å². The van der Waals surface area contributed by atoms with Gasteiger partial charge in [0.25, 0.3) is 11.6 Å². The monoisotopic (exact) mass is 431 g/mol. The number of nitrogens with one attached hydrogen (secondary N) is 1. The number of aromatic nitrogens is 1. The number of carbonyl (C=O) groups excluding carboxylic acids is 1. The summed E-state index contributed by atoms with van der Waals surface area (Å²) in [6.07, 6.45) is 1.57. The first kappa shape index (κ1) is 20.4. The van der Waals surface area contributed by atoms with Crippen molar-refractivity contribution in [2.45, 2.75) is 16.3 Å². The number of halogens is 1. The fraction of sp³-hybridized carbons (Fsp3) is 0.0526. The van der Waals surface area contributed by atoms with Gasteiger partial charge in [-0.2, -0.15) is 0 Å². The van der Waals surface area contributed by atoms with Gasteiger partial charge >= 0.3 is 0 Å². The summed E-state index contributed by atoms with van der Waals surface area (Å²) in [5.74, 6) is -0.592. The van der Waals surface area contributed by atoms with E-state index in [4.69, 9.17) is 11.6 Å². The van der Waals surface area contributed by atoms with Gasteiger partial charge in [0, 0.05) is 22.8 Å². The minimum atomic E-state index is -4.20. The van der Waals surface area contributed by atoms with Gasteiger partial charge in [-0.3, -0.25) is 19.9 Å². The van der Waals surface area contributed by atoms with Crippen molar-refractivity contribution in [3.63, 3.8) is 0 Å². The van der Waals surface area contributed by atoms with Crippen LogP contribution in [-0.2, 0) is 16.4 Å². The highest BCUT2D eigenvalue weighted by Gasteiger charge is 2.29. The van der Waals surface area contributed by atoms with Crippen LogP contribution in [0.1, 0.15) is 16.1 Å². The summed E-state index contributed by atoms with van der Waals surface area (Å²) in [6.45, 7) is 0.121. The molecule has 2 aromatic carbocycles. The lowest BCUT2D eigenvalue weighted by Crippen LogP contribution is -2.23. The number of benzene rings is 2. The molecular formula is C19H14ClN3O5S. The zero-order valence-electron chi connectivity index (χ0n) is 14.8. The summed E-state index contributed by atoms with van der Waals surface area (Å²) in [5.41, 5.74) is -0.136. The number of hydrogen-bond acceptors (Lipinski definition) is 6. The molecule has 0 radical (unpaired) electrons. The van der Waals surface area contributed by atoms with Gasteiger partial charge in [0.05, 0.1) is 22.1 Å². The van der Waals surface area contributed by atoms with E-state index in [1.54, 1.807) is 24.4 Å². The molecular weight excluding hydrogens is 418 g/mol. The minimum absolute atomic E-state index is 0.0438. The Morgan fingerprint density at radius 1 is 1.10 bits per heavy atom. The van der Waals surface area contributed by atoms with Crippen molar-refractivity contribution in [3.05, 3.63) is 93.3 Å². The molecule has 29 heavy (non-hydrogen) atoms. The Morgan fingerprint density at radius 3 is 2.55 bits per heavy atom. The van der Waals surface area contributed by atoms with Crippen molar-refractivity contribution >= 4 is 33.0 Å². The van der Waals surface area contributed by atoms with Crippen molar-refractivity contribution in [2.24, 2.45) is 0 Å². The summed E-state index contributed by atoms with van der Waals surface area (Å²) >= 11 is 5.84. The maximum absolute atomic E-state index is 12.8. The summed E-state index contributed by atoms with van der Waals surface area (Å²) in [6, 6.07) is 13.8. The van der Waals surface area contributed by atoms with Crippen molar-refractivity contribution in [2.75, 3.05) is 0 Å². The smallest absolute Gasteiger partial charge is 0.289 e. The molecule has 0 spiro atoms. The molecule has 3 aromatic rings. The van der Waals surface area contributed by atoms with Crippen LogP contribution in [0.25, 0.3) is 0 Å². The molecule has 1 heterocycles. The highest BCUT2D eigenvalue weighted by Crippen LogP contribution is 2.31. The van der Waals surface area contributed by atoms with Crippen LogP contribution in [0.3, 0.4) is 0 Å². The molecule has 8 nitrogen and oxygen atoms in total. The number of nitro groups is 1. The van der Waals surface area contributed by atoms with Gasteiger partial charge in [-0.1, -0.05) is 23.7 Å². The average Bonchev–Trinajstić information content (AvgIpc) is 2.72.